The number of nitrogens with two attached hydrogens (primary N) is 1. The van der Waals surface area contributed by atoms with Crippen molar-refractivity contribution >= 4 is 29.0 Å². The average Bonchev–Trinajstić information content (AvgIpc) is 3.21. The Kier molecular flexibility index (Phi) is 5.27. The van der Waals surface area contributed by atoms with Gasteiger partial charge in [0, 0.05) is 16.9 Å². The third-order valence-electron chi connectivity index (χ3n) is 4.23. The third-order valence-corrected chi connectivity index (χ3v) is 5.09. The van der Waals surface area contributed by atoms with Crippen LogP contribution in [-0.2, 0) is 16.1 Å². The Balaban J connectivity index is 1.51. The molecule has 3 N–H and O–H groups in total. The van der Waals surface area contributed by atoms with Gasteiger partial charge in [-0.3, -0.25) is 14.5 Å². The molecule has 0 aliphatic carbocycles. The van der Waals surface area contributed by atoms with E-state index in [1.807, 2.05) is 17.5 Å². The zero-order chi connectivity index (χ0) is 16.9. The maximum atomic E-state index is 12.3. The van der Waals surface area contributed by atoms with E-state index >= 15 is 0 Å². The summed E-state index contributed by atoms with van der Waals surface area (Å²) in [5.41, 5.74) is 5.33. The number of amides is 2. The van der Waals surface area contributed by atoms with Gasteiger partial charge in [0.2, 0.25) is 11.8 Å². The monoisotopic (exact) mass is 347 g/mol. The Morgan fingerprint density at radius 2 is 2.12 bits per heavy atom. The number of rotatable bonds is 6. The van der Waals surface area contributed by atoms with Gasteiger partial charge in [0.1, 0.15) is 5.82 Å². The van der Waals surface area contributed by atoms with E-state index in [4.69, 9.17) is 5.73 Å². The number of hydrogen-bond acceptors (Lipinski definition) is 5. The molecule has 1 saturated heterocycles. The van der Waals surface area contributed by atoms with Gasteiger partial charge in [0.15, 0.2) is 0 Å². The second-order valence-corrected chi connectivity index (χ2v) is 6.99. The highest BCUT2D eigenvalue weighted by Gasteiger charge is 2.24. The summed E-state index contributed by atoms with van der Waals surface area (Å²) in [6.45, 7) is 2.39. The van der Waals surface area contributed by atoms with Crippen LogP contribution in [-0.4, -0.2) is 46.1 Å². The topological polar surface area (TPSA) is 93.2 Å². The maximum Gasteiger partial charge on any atom is 0.239 e. The van der Waals surface area contributed by atoms with E-state index in [-0.39, 0.29) is 17.7 Å². The summed E-state index contributed by atoms with van der Waals surface area (Å²) >= 11 is 1.66. The summed E-state index contributed by atoms with van der Waals surface area (Å²) in [5.74, 6) is 0.328. The lowest BCUT2D eigenvalue weighted by Crippen LogP contribution is -2.42. The first-order valence-electron chi connectivity index (χ1n) is 7.97. The molecule has 8 heteroatoms. The minimum atomic E-state index is -0.239. The minimum Gasteiger partial charge on any atom is -0.369 e. The third kappa shape index (κ3) is 4.21. The molecule has 0 atom stereocenters. The van der Waals surface area contributed by atoms with Gasteiger partial charge in [-0.15, -0.1) is 11.3 Å². The molecule has 2 aromatic heterocycles. The van der Waals surface area contributed by atoms with Crippen molar-refractivity contribution in [3.63, 3.8) is 0 Å². The van der Waals surface area contributed by atoms with Crippen molar-refractivity contribution in [1.29, 1.82) is 0 Å². The van der Waals surface area contributed by atoms with Crippen LogP contribution in [0.3, 0.4) is 0 Å². The summed E-state index contributed by atoms with van der Waals surface area (Å²) in [5, 5.41) is 9.20. The molecule has 1 fully saturated rings. The molecule has 0 spiro atoms. The number of likely N-dealkylation sites (tertiary alicyclic amines) is 1. The second-order valence-electron chi connectivity index (χ2n) is 5.95. The maximum absolute atomic E-state index is 12.3. The molecule has 2 aromatic rings. The Morgan fingerprint density at radius 3 is 2.79 bits per heavy atom. The largest absolute Gasteiger partial charge is 0.369 e. The van der Waals surface area contributed by atoms with Gasteiger partial charge in [-0.05, 0) is 37.4 Å². The highest BCUT2D eigenvalue weighted by Crippen LogP contribution is 2.17. The summed E-state index contributed by atoms with van der Waals surface area (Å²) in [6.07, 6.45) is 3.12. The van der Waals surface area contributed by atoms with E-state index in [0.29, 0.717) is 18.9 Å². The standard InChI is InChI=1S/C16H21N5O2S/c17-16(23)12-4-7-20(8-5-12)11-15(22)19-14-3-6-18-21(14)10-13-2-1-9-24-13/h1-3,6,9,12H,4-5,7-8,10-11H2,(H2,17,23)(H,19,22). The predicted molar refractivity (Wildman–Crippen MR) is 92.6 cm³/mol. The van der Waals surface area contributed by atoms with E-state index in [1.54, 1.807) is 28.3 Å². The normalized spacial score (nSPS) is 16.2. The molecular formula is C16H21N5O2S. The number of anilines is 1. The lowest BCUT2D eigenvalue weighted by molar-refractivity contribution is -0.123. The number of thiophene rings is 1. The van der Waals surface area contributed by atoms with Crippen LogP contribution < -0.4 is 11.1 Å². The van der Waals surface area contributed by atoms with Crippen molar-refractivity contribution < 1.29 is 9.59 Å². The van der Waals surface area contributed by atoms with Crippen molar-refractivity contribution in [1.82, 2.24) is 14.7 Å². The molecule has 1 aliphatic heterocycles. The Hall–Kier alpha value is -2.19. The van der Waals surface area contributed by atoms with Crippen LogP contribution in [0.25, 0.3) is 0 Å². The van der Waals surface area contributed by atoms with Gasteiger partial charge in [-0.25, -0.2) is 4.68 Å². The van der Waals surface area contributed by atoms with Crippen LogP contribution in [0.5, 0.6) is 0 Å². The number of carbonyl (C=O) groups excluding carboxylic acids is 2. The Bertz CT molecular complexity index is 689. The summed E-state index contributed by atoms with van der Waals surface area (Å²) in [7, 11) is 0. The molecule has 3 heterocycles. The number of aromatic nitrogens is 2. The average molecular weight is 347 g/mol. The van der Waals surface area contributed by atoms with Gasteiger partial charge >= 0.3 is 0 Å². The van der Waals surface area contributed by atoms with E-state index < -0.39 is 0 Å². The number of nitrogens with zero attached hydrogens (tertiary/aromatic N) is 3. The van der Waals surface area contributed by atoms with E-state index in [0.717, 1.165) is 25.9 Å². The molecule has 128 valence electrons. The van der Waals surface area contributed by atoms with Crippen molar-refractivity contribution in [3.05, 3.63) is 34.7 Å². The first-order chi connectivity index (χ1) is 11.6. The van der Waals surface area contributed by atoms with Crippen LogP contribution in [0.15, 0.2) is 29.8 Å². The molecule has 0 unspecified atom stereocenters. The van der Waals surface area contributed by atoms with Crippen LogP contribution in [0.4, 0.5) is 5.82 Å². The Morgan fingerprint density at radius 1 is 1.33 bits per heavy atom. The van der Waals surface area contributed by atoms with E-state index in [2.05, 4.69) is 15.3 Å². The first-order valence-corrected chi connectivity index (χ1v) is 8.85. The predicted octanol–water partition coefficient (Wildman–Crippen LogP) is 1.13. The summed E-state index contributed by atoms with van der Waals surface area (Å²) in [4.78, 5) is 26.7. The molecule has 0 aromatic carbocycles. The molecule has 0 bridgehead atoms. The Labute approximate surface area is 144 Å². The quantitative estimate of drug-likeness (QED) is 0.819. The van der Waals surface area contributed by atoms with Crippen LogP contribution in [0.1, 0.15) is 17.7 Å². The zero-order valence-corrected chi connectivity index (χ0v) is 14.2. The SMILES string of the molecule is NC(=O)C1CCN(CC(=O)Nc2ccnn2Cc2cccs2)CC1. The van der Waals surface area contributed by atoms with Gasteiger partial charge in [0.25, 0.3) is 0 Å². The summed E-state index contributed by atoms with van der Waals surface area (Å²) < 4.78 is 1.78. The highest BCUT2D eigenvalue weighted by atomic mass is 32.1. The number of carbonyl (C=O) groups is 2. The zero-order valence-electron chi connectivity index (χ0n) is 13.4. The van der Waals surface area contributed by atoms with Crippen molar-refractivity contribution in [3.8, 4) is 0 Å². The molecule has 0 radical (unpaired) electrons. The van der Waals surface area contributed by atoms with Crippen molar-refractivity contribution in [2.24, 2.45) is 11.7 Å². The molecule has 24 heavy (non-hydrogen) atoms. The number of nitrogens with one attached hydrogen (secondary N) is 1. The molecule has 7 nitrogen and oxygen atoms in total. The number of piperidine rings is 1. The molecule has 0 saturated carbocycles. The van der Waals surface area contributed by atoms with E-state index in [9.17, 15) is 9.59 Å². The fourth-order valence-electron chi connectivity index (χ4n) is 2.88. The van der Waals surface area contributed by atoms with Crippen molar-refractivity contribution in [2.75, 3.05) is 25.0 Å². The molecular weight excluding hydrogens is 326 g/mol. The van der Waals surface area contributed by atoms with Crippen molar-refractivity contribution in [2.45, 2.75) is 19.4 Å². The lowest BCUT2D eigenvalue weighted by atomic mass is 9.96. The minimum absolute atomic E-state index is 0.0588. The fraction of sp³-hybridized carbons (Fsp3) is 0.438. The second kappa shape index (κ2) is 7.59. The van der Waals surface area contributed by atoms with Crippen LogP contribution in [0, 0.1) is 5.92 Å². The van der Waals surface area contributed by atoms with Crippen LogP contribution in [0.2, 0.25) is 0 Å². The van der Waals surface area contributed by atoms with E-state index in [1.165, 1.54) is 4.88 Å². The first kappa shape index (κ1) is 16.7. The summed E-state index contributed by atoms with van der Waals surface area (Å²) in [6, 6.07) is 5.84. The van der Waals surface area contributed by atoms with Crippen LogP contribution >= 0.6 is 11.3 Å². The molecule has 1 aliphatic rings. The highest BCUT2D eigenvalue weighted by molar-refractivity contribution is 7.09. The number of hydrogen-bond donors (Lipinski definition) is 2. The molecule has 2 amide bonds. The lowest BCUT2D eigenvalue weighted by Gasteiger charge is -2.29. The molecule has 3 rings (SSSR count). The smallest absolute Gasteiger partial charge is 0.239 e. The van der Waals surface area contributed by atoms with Gasteiger partial charge in [-0.2, -0.15) is 5.10 Å². The van der Waals surface area contributed by atoms with Gasteiger partial charge in [-0.1, -0.05) is 6.07 Å². The van der Waals surface area contributed by atoms with Gasteiger partial charge < -0.3 is 11.1 Å². The van der Waals surface area contributed by atoms with Gasteiger partial charge in [0.05, 0.1) is 19.3 Å². The number of primary amides is 1. The fourth-order valence-corrected chi connectivity index (χ4v) is 3.56.